The minimum atomic E-state index is -0.364. The van der Waals surface area contributed by atoms with E-state index in [4.69, 9.17) is 0 Å². The molecule has 0 radical (unpaired) electrons. The molecule has 0 bridgehead atoms. The van der Waals surface area contributed by atoms with Crippen LogP contribution < -0.4 is 15.5 Å². The van der Waals surface area contributed by atoms with Crippen molar-refractivity contribution in [1.29, 1.82) is 0 Å². The molecular weight excluding hydrogens is 292 g/mol. The molecular formula is C17H28N4O2. The van der Waals surface area contributed by atoms with Gasteiger partial charge in [-0.1, -0.05) is 19.9 Å². The summed E-state index contributed by atoms with van der Waals surface area (Å²) < 4.78 is 0. The molecule has 6 heteroatoms. The molecule has 2 rings (SSSR count). The predicted molar refractivity (Wildman–Crippen MR) is 91.5 cm³/mol. The number of aromatic nitrogens is 1. The number of rotatable bonds is 6. The number of aliphatic hydroxyl groups excluding tert-OH is 1. The summed E-state index contributed by atoms with van der Waals surface area (Å²) in [5, 5.41) is 15.6. The van der Waals surface area contributed by atoms with Crippen molar-refractivity contribution < 1.29 is 9.90 Å². The lowest BCUT2D eigenvalue weighted by Gasteiger charge is -2.33. The molecule has 2 amide bonds. The third-order valence-corrected chi connectivity index (χ3v) is 4.30. The molecule has 1 aliphatic heterocycles. The Labute approximate surface area is 138 Å². The molecule has 1 saturated heterocycles. The monoisotopic (exact) mass is 320 g/mol. The van der Waals surface area contributed by atoms with Crippen LogP contribution in [0.15, 0.2) is 24.4 Å². The molecule has 1 aliphatic rings. The van der Waals surface area contributed by atoms with Crippen molar-refractivity contribution in [2.75, 3.05) is 24.5 Å². The highest BCUT2D eigenvalue weighted by Crippen LogP contribution is 2.17. The van der Waals surface area contributed by atoms with Crippen molar-refractivity contribution in [3.63, 3.8) is 0 Å². The van der Waals surface area contributed by atoms with Gasteiger partial charge in [-0.05, 0) is 37.3 Å². The molecule has 0 spiro atoms. The molecule has 3 N–H and O–H groups in total. The van der Waals surface area contributed by atoms with E-state index in [0.29, 0.717) is 13.0 Å². The highest BCUT2D eigenvalue weighted by molar-refractivity contribution is 5.74. The molecule has 2 heterocycles. The van der Waals surface area contributed by atoms with Crippen LogP contribution in [0.5, 0.6) is 0 Å². The van der Waals surface area contributed by atoms with Crippen LogP contribution in [0.3, 0.4) is 0 Å². The summed E-state index contributed by atoms with van der Waals surface area (Å²) in [7, 11) is 0. The van der Waals surface area contributed by atoms with E-state index in [1.165, 1.54) is 0 Å². The Hall–Kier alpha value is -1.82. The number of hydrogen-bond donors (Lipinski definition) is 3. The van der Waals surface area contributed by atoms with Crippen LogP contribution in [0.2, 0.25) is 0 Å². The lowest BCUT2D eigenvalue weighted by molar-refractivity contribution is 0.116. The van der Waals surface area contributed by atoms with Crippen LogP contribution in [0.4, 0.5) is 10.6 Å². The number of nitrogens with zero attached hydrogens (tertiary/aromatic N) is 2. The van der Waals surface area contributed by atoms with Crippen LogP contribution in [-0.4, -0.2) is 47.9 Å². The van der Waals surface area contributed by atoms with Gasteiger partial charge in [0, 0.05) is 31.9 Å². The molecule has 0 aliphatic carbocycles. The van der Waals surface area contributed by atoms with Crippen molar-refractivity contribution in [2.45, 2.75) is 45.3 Å². The molecule has 0 aromatic carbocycles. The second-order valence-corrected chi connectivity index (χ2v) is 6.45. The van der Waals surface area contributed by atoms with E-state index in [2.05, 4.69) is 20.5 Å². The lowest BCUT2D eigenvalue weighted by atomic mass is 10.0. The van der Waals surface area contributed by atoms with Crippen molar-refractivity contribution in [3.05, 3.63) is 24.4 Å². The van der Waals surface area contributed by atoms with Gasteiger partial charge < -0.3 is 20.6 Å². The third-order valence-electron chi connectivity index (χ3n) is 4.30. The van der Waals surface area contributed by atoms with Crippen LogP contribution >= 0.6 is 0 Å². The van der Waals surface area contributed by atoms with Crippen LogP contribution in [0, 0.1) is 5.92 Å². The SMILES string of the molecule is CC(C)C(O)CCNC(=O)NC1CCN(c2ccccn2)CC1. The Kier molecular flexibility index (Phi) is 6.65. The molecule has 1 fully saturated rings. The number of hydrogen-bond acceptors (Lipinski definition) is 4. The van der Waals surface area contributed by atoms with E-state index < -0.39 is 0 Å². The van der Waals surface area contributed by atoms with Crippen molar-refractivity contribution in [2.24, 2.45) is 5.92 Å². The topological polar surface area (TPSA) is 77.5 Å². The molecule has 1 unspecified atom stereocenters. The summed E-state index contributed by atoms with van der Waals surface area (Å²) in [6.07, 6.45) is 3.86. The van der Waals surface area contributed by atoms with Crippen molar-refractivity contribution in [3.8, 4) is 0 Å². The summed E-state index contributed by atoms with van der Waals surface area (Å²) in [5.41, 5.74) is 0. The minimum absolute atomic E-state index is 0.141. The van der Waals surface area contributed by atoms with Crippen LogP contribution in [0.25, 0.3) is 0 Å². The van der Waals surface area contributed by atoms with Gasteiger partial charge in [-0.15, -0.1) is 0 Å². The summed E-state index contributed by atoms with van der Waals surface area (Å²) in [5.74, 6) is 1.22. The van der Waals surface area contributed by atoms with E-state index in [0.717, 1.165) is 31.7 Å². The van der Waals surface area contributed by atoms with Crippen LogP contribution in [0.1, 0.15) is 33.1 Å². The van der Waals surface area contributed by atoms with Gasteiger partial charge >= 0.3 is 6.03 Å². The normalized spacial score (nSPS) is 17.1. The van der Waals surface area contributed by atoms with E-state index in [9.17, 15) is 9.90 Å². The Morgan fingerprint density at radius 2 is 2.13 bits per heavy atom. The fourth-order valence-corrected chi connectivity index (χ4v) is 2.70. The fourth-order valence-electron chi connectivity index (χ4n) is 2.70. The molecule has 23 heavy (non-hydrogen) atoms. The Bertz CT molecular complexity index is 473. The summed E-state index contributed by atoms with van der Waals surface area (Å²) in [6, 6.07) is 5.98. The quantitative estimate of drug-likeness (QED) is 0.746. The second-order valence-electron chi connectivity index (χ2n) is 6.45. The Morgan fingerprint density at radius 1 is 1.39 bits per heavy atom. The zero-order valence-electron chi connectivity index (χ0n) is 14.0. The number of pyridine rings is 1. The predicted octanol–water partition coefficient (Wildman–Crippen LogP) is 1.76. The molecule has 1 aromatic rings. The maximum Gasteiger partial charge on any atom is 0.315 e. The molecule has 0 saturated carbocycles. The van der Waals surface area contributed by atoms with Gasteiger partial charge in [0.25, 0.3) is 0 Å². The fraction of sp³-hybridized carbons (Fsp3) is 0.647. The first-order valence-electron chi connectivity index (χ1n) is 8.44. The first-order valence-corrected chi connectivity index (χ1v) is 8.44. The van der Waals surface area contributed by atoms with Gasteiger partial charge in [0.15, 0.2) is 0 Å². The zero-order chi connectivity index (χ0) is 16.7. The summed E-state index contributed by atoms with van der Waals surface area (Å²) in [4.78, 5) is 18.5. The Balaban J connectivity index is 1.65. The molecule has 1 aromatic heterocycles. The van der Waals surface area contributed by atoms with Gasteiger partial charge in [-0.3, -0.25) is 0 Å². The van der Waals surface area contributed by atoms with E-state index in [1.807, 2.05) is 32.0 Å². The van der Waals surface area contributed by atoms with Gasteiger partial charge in [0.2, 0.25) is 0 Å². The first-order chi connectivity index (χ1) is 11.1. The number of anilines is 1. The van der Waals surface area contributed by atoms with Crippen LogP contribution in [-0.2, 0) is 0 Å². The first kappa shape index (κ1) is 17.5. The average molecular weight is 320 g/mol. The second kappa shape index (κ2) is 8.72. The molecule has 6 nitrogen and oxygen atoms in total. The lowest BCUT2D eigenvalue weighted by Crippen LogP contribution is -2.48. The smallest absolute Gasteiger partial charge is 0.315 e. The van der Waals surface area contributed by atoms with E-state index >= 15 is 0 Å². The van der Waals surface area contributed by atoms with Gasteiger partial charge in [-0.25, -0.2) is 9.78 Å². The number of nitrogens with one attached hydrogen (secondary N) is 2. The maximum atomic E-state index is 11.9. The number of amides is 2. The zero-order valence-corrected chi connectivity index (χ0v) is 14.0. The Morgan fingerprint density at radius 3 is 2.74 bits per heavy atom. The van der Waals surface area contributed by atoms with Gasteiger partial charge in [0.05, 0.1) is 6.10 Å². The van der Waals surface area contributed by atoms with E-state index in [-0.39, 0.29) is 24.1 Å². The number of piperidine rings is 1. The van der Waals surface area contributed by atoms with Gasteiger partial charge in [0.1, 0.15) is 5.82 Å². The van der Waals surface area contributed by atoms with Crippen molar-refractivity contribution in [1.82, 2.24) is 15.6 Å². The number of carbonyl (C=O) groups excluding carboxylic acids is 1. The average Bonchev–Trinajstić information content (AvgIpc) is 2.56. The highest BCUT2D eigenvalue weighted by atomic mass is 16.3. The molecule has 128 valence electrons. The largest absolute Gasteiger partial charge is 0.393 e. The standard InChI is InChI=1S/C17H28N4O2/c1-13(2)15(22)6-10-19-17(23)20-14-7-11-21(12-8-14)16-5-3-4-9-18-16/h3-5,9,13-15,22H,6-8,10-12H2,1-2H3,(H2,19,20,23). The minimum Gasteiger partial charge on any atom is -0.393 e. The number of urea groups is 1. The molecule has 1 atom stereocenters. The number of carbonyl (C=O) groups is 1. The van der Waals surface area contributed by atoms with Crippen molar-refractivity contribution >= 4 is 11.8 Å². The summed E-state index contributed by atoms with van der Waals surface area (Å²) in [6.45, 7) is 6.24. The van der Waals surface area contributed by atoms with E-state index in [1.54, 1.807) is 6.20 Å². The maximum absolute atomic E-state index is 11.9. The highest BCUT2D eigenvalue weighted by Gasteiger charge is 2.21. The van der Waals surface area contributed by atoms with Gasteiger partial charge in [-0.2, -0.15) is 0 Å². The number of aliphatic hydroxyl groups is 1. The summed E-state index contributed by atoms with van der Waals surface area (Å²) >= 11 is 0. The third kappa shape index (κ3) is 5.71.